The van der Waals surface area contributed by atoms with E-state index in [0.29, 0.717) is 0 Å². The summed E-state index contributed by atoms with van der Waals surface area (Å²) >= 11 is 0. The highest BCUT2D eigenvalue weighted by atomic mass is 16.1. The molecular formula is C21H12O. The molecule has 102 valence electrons. The Morgan fingerprint density at radius 1 is 0.727 bits per heavy atom. The maximum Gasteiger partial charge on any atom is 0.187 e. The van der Waals surface area contributed by atoms with Gasteiger partial charge in [-0.1, -0.05) is 60.7 Å². The van der Waals surface area contributed by atoms with Gasteiger partial charge in [0.1, 0.15) is 0 Å². The number of fused-ring (bicyclic) bond motifs is 7. The molecule has 0 aromatic heterocycles. The lowest BCUT2D eigenvalue weighted by Crippen LogP contribution is -2.27. The van der Waals surface area contributed by atoms with E-state index < -0.39 is 0 Å². The molecule has 3 aromatic carbocycles. The number of rotatable bonds is 0. The molecule has 0 bridgehead atoms. The maximum atomic E-state index is 12.4. The molecule has 3 aromatic rings. The van der Waals surface area contributed by atoms with E-state index >= 15 is 0 Å². The van der Waals surface area contributed by atoms with Gasteiger partial charge in [0.25, 0.3) is 0 Å². The third-order valence-electron chi connectivity index (χ3n) is 4.58. The van der Waals surface area contributed by atoms with Gasteiger partial charge in [-0.15, -0.1) is 0 Å². The lowest BCUT2D eigenvalue weighted by Gasteiger charge is -2.08. The first-order chi connectivity index (χ1) is 10.8. The van der Waals surface area contributed by atoms with Crippen LogP contribution in [0.25, 0.3) is 33.2 Å². The Bertz CT molecular complexity index is 1170. The molecule has 5 rings (SSSR count). The molecule has 2 aliphatic rings. The molecule has 0 radical (unpaired) electrons. The van der Waals surface area contributed by atoms with Crippen LogP contribution in [0, 0.1) is 0 Å². The van der Waals surface area contributed by atoms with Crippen molar-refractivity contribution in [3.8, 4) is 0 Å². The van der Waals surface area contributed by atoms with Crippen LogP contribution in [0.5, 0.6) is 0 Å². The summed E-state index contributed by atoms with van der Waals surface area (Å²) in [6.45, 7) is 0. The minimum Gasteiger partial charge on any atom is -0.289 e. The third kappa shape index (κ3) is 1.35. The van der Waals surface area contributed by atoms with Crippen LogP contribution in [0.1, 0.15) is 0 Å². The van der Waals surface area contributed by atoms with E-state index in [1.807, 2.05) is 18.2 Å². The van der Waals surface area contributed by atoms with E-state index in [1.54, 1.807) is 6.08 Å². The highest BCUT2D eigenvalue weighted by molar-refractivity contribution is 6.31. The fraction of sp³-hybridized carbons (Fsp3) is 0. The molecule has 0 unspecified atom stereocenters. The normalized spacial score (nSPS) is 15.7. The quantitative estimate of drug-likeness (QED) is 0.579. The summed E-state index contributed by atoms with van der Waals surface area (Å²) < 4.78 is 0. The van der Waals surface area contributed by atoms with Crippen molar-refractivity contribution in [3.05, 3.63) is 82.8 Å². The summed E-state index contributed by atoms with van der Waals surface area (Å²) in [6, 6.07) is 16.8. The molecule has 0 aliphatic heterocycles. The summed E-state index contributed by atoms with van der Waals surface area (Å²) in [5, 5.41) is 7.10. The van der Waals surface area contributed by atoms with Gasteiger partial charge in [-0.3, -0.25) is 4.79 Å². The first-order valence-corrected chi connectivity index (χ1v) is 7.43. The van der Waals surface area contributed by atoms with Crippen molar-refractivity contribution < 1.29 is 4.79 Å². The van der Waals surface area contributed by atoms with Crippen LogP contribution in [0.15, 0.2) is 72.3 Å². The van der Waals surface area contributed by atoms with Crippen molar-refractivity contribution >= 4 is 39.0 Å². The summed E-state index contributed by atoms with van der Waals surface area (Å²) in [7, 11) is 0. The molecule has 0 saturated carbocycles. The van der Waals surface area contributed by atoms with Gasteiger partial charge in [0.05, 0.1) is 0 Å². The Morgan fingerprint density at radius 2 is 1.36 bits per heavy atom. The van der Waals surface area contributed by atoms with Gasteiger partial charge in [0.2, 0.25) is 0 Å². The first kappa shape index (κ1) is 11.7. The summed E-state index contributed by atoms with van der Waals surface area (Å²) in [6.07, 6.45) is 7.68. The van der Waals surface area contributed by atoms with Crippen LogP contribution in [0.4, 0.5) is 0 Å². The molecule has 0 saturated heterocycles. The Morgan fingerprint density at radius 3 is 2.14 bits per heavy atom. The molecule has 0 amide bonds. The predicted molar refractivity (Wildman–Crippen MR) is 90.8 cm³/mol. The number of ketones is 1. The lowest BCUT2D eigenvalue weighted by atomic mass is 9.95. The number of carbonyl (C=O) groups excluding carboxylic acids is 1. The molecule has 2 aliphatic carbocycles. The molecule has 0 N–H and O–H groups in total. The van der Waals surface area contributed by atoms with Crippen molar-refractivity contribution in [3.63, 3.8) is 0 Å². The minimum absolute atomic E-state index is 0.105. The molecule has 1 heteroatoms. The number of hydrogen-bond donors (Lipinski definition) is 0. The number of allylic oxidation sites excluding steroid dienone is 4. The first-order valence-electron chi connectivity index (χ1n) is 7.43. The Labute approximate surface area is 127 Å². The van der Waals surface area contributed by atoms with Crippen molar-refractivity contribution in [1.29, 1.82) is 0 Å². The fourth-order valence-electron chi connectivity index (χ4n) is 3.68. The largest absolute Gasteiger partial charge is 0.289 e. The summed E-state index contributed by atoms with van der Waals surface area (Å²) in [5.41, 5.74) is 1.88. The molecular weight excluding hydrogens is 268 g/mol. The third-order valence-corrected chi connectivity index (χ3v) is 4.58. The Hall–Kier alpha value is -2.93. The van der Waals surface area contributed by atoms with E-state index in [2.05, 4.69) is 48.5 Å². The van der Waals surface area contributed by atoms with E-state index in [9.17, 15) is 4.79 Å². The van der Waals surface area contributed by atoms with Gasteiger partial charge in [0.15, 0.2) is 5.78 Å². The fourth-order valence-corrected chi connectivity index (χ4v) is 3.68. The molecule has 1 nitrogen and oxygen atoms in total. The van der Waals surface area contributed by atoms with Crippen LogP contribution in [0.3, 0.4) is 0 Å². The van der Waals surface area contributed by atoms with E-state index in [4.69, 9.17) is 0 Å². The number of hydrogen-bond acceptors (Lipinski definition) is 1. The second-order valence-electron chi connectivity index (χ2n) is 5.74. The molecule has 0 heterocycles. The van der Waals surface area contributed by atoms with Crippen molar-refractivity contribution in [2.75, 3.05) is 0 Å². The minimum atomic E-state index is 0.105. The summed E-state index contributed by atoms with van der Waals surface area (Å²) in [5.74, 6) is 0.105. The van der Waals surface area contributed by atoms with Crippen molar-refractivity contribution in [2.45, 2.75) is 0 Å². The average Bonchev–Trinajstić information content (AvgIpc) is 2.96. The predicted octanol–water partition coefficient (Wildman–Crippen LogP) is 3.00. The molecule has 0 spiro atoms. The van der Waals surface area contributed by atoms with Crippen LogP contribution in [-0.4, -0.2) is 5.78 Å². The number of benzene rings is 3. The smallest absolute Gasteiger partial charge is 0.187 e. The standard InChI is InChI=1S/C21H12O/c22-19-11-5-6-13-12-18-16-9-2-1-7-14(16)15-8-3-4-10-17(15)21(18)20(13)19/h1-12H. The van der Waals surface area contributed by atoms with Crippen LogP contribution >= 0.6 is 0 Å². The highest BCUT2D eigenvalue weighted by Crippen LogP contribution is 2.26. The monoisotopic (exact) mass is 280 g/mol. The van der Waals surface area contributed by atoms with Gasteiger partial charge >= 0.3 is 0 Å². The van der Waals surface area contributed by atoms with Gasteiger partial charge in [0, 0.05) is 10.8 Å². The van der Waals surface area contributed by atoms with Crippen molar-refractivity contribution in [1.82, 2.24) is 0 Å². The lowest BCUT2D eigenvalue weighted by molar-refractivity contribution is -0.109. The second-order valence-corrected chi connectivity index (χ2v) is 5.74. The SMILES string of the molecule is O=C1C=CC=C2C=c3c(c4ccccc4c4ccccc34)=C12. The van der Waals surface area contributed by atoms with Gasteiger partial charge in [-0.05, 0) is 44.5 Å². The van der Waals surface area contributed by atoms with Gasteiger partial charge < -0.3 is 0 Å². The average molecular weight is 280 g/mol. The maximum absolute atomic E-state index is 12.4. The van der Waals surface area contributed by atoms with Gasteiger partial charge in [-0.25, -0.2) is 0 Å². The zero-order chi connectivity index (χ0) is 14.7. The number of carbonyl (C=O) groups is 1. The van der Waals surface area contributed by atoms with Gasteiger partial charge in [-0.2, -0.15) is 0 Å². The van der Waals surface area contributed by atoms with Crippen LogP contribution < -0.4 is 10.4 Å². The van der Waals surface area contributed by atoms with Crippen LogP contribution in [-0.2, 0) is 4.79 Å². The zero-order valence-electron chi connectivity index (χ0n) is 11.8. The zero-order valence-corrected chi connectivity index (χ0v) is 11.8. The Balaban J connectivity index is 2.21. The van der Waals surface area contributed by atoms with E-state index in [1.165, 1.54) is 21.4 Å². The summed E-state index contributed by atoms with van der Waals surface area (Å²) in [4.78, 5) is 12.4. The van der Waals surface area contributed by atoms with Crippen LogP contribution in [0.2, 0.25) is 0 Å². The van der Waals surface area contributed by atoms with E-state index in [-0.39, 0.29) is 5.78 Å². The Kier molecular flexibility index (Phi) is 2.15. The molecule has 0 fully saturated rings. The van der Waals surface area contributed by atoms with Crippen molar-refractivity contribution in [2.24, 2.45) is 0 Å². The molecule has 22 heavy (non-hydrogen) atoms. The highest BCUT2D eigenvalue weighted by Gasteiger charge is 2.21. The topological polar surface area (TPSA) is 17.1 Å². The molecule has 0 atom stereocenters. The second kappa shape index (κ2) is 4.05. The van der Waals surface area contributed by atoms with E-state index in [0.717, 1.165) is 21.8 Å².